The van der Waals surface area contributed by atoms with Gasteiger partial charge in [0, 0.05) is 11.3 Å². The first-order chi connectivity index (χ1) is 13.1. The quantitative estimate of drug-likeness (QED) is 0.477. The van der Waals surface area contributed by atoms with Crippen molar-refractivity contribution in [3.05, 3.63) is 101 Å². The summed E-state index contributed by atoms with van der Waals surface area (Å²) in [5, 5.41) is 11.9. The lowest BCUT2D eigenvalue weighted by Crippen LogP contribution is -2.27. The number of hydrogen-bond donors (Lipinski definition) is 3. The lowest BCUT2D eigenvalue weighted by molar-refractivity contribution is -0.129. The summed E-state index contributed by atoms with van der Waals surface area (Å²) >= 11 is 0. The molecule has 3 rings (SSSR count). The van der Waals surface area contributed by atoms with E-state index in [1.54, 1.807) is 35.8 Å². The normalized spacial score (nSPS) is 11.5. The Morgan fingerprint density at radius 1 is 0.852 bits per heavy atom. The fraction of sp³-hybridized carbons (Fsp3) is 0.0909. The molecule has 5 nitrogen and oxygen atoms in total. The summed E-state index contributed by atoms with van der Waals surface area (Å²) in [4.78, 5) is 24.5. The van der Waals surface area contributed by atoms with Crippen LogP contribution in [-0.2, 0) is 4.79 Å². The first-order valence-corrected chi connectivity index (χ1v) is 8.55. The van der Waals surface area contributed by atoms with Crippen LogP contribution in [0.1, 0.15) is 33.0 Å². The van der Waals surface area contributed by atoms with Gasteiger partial charge < -0.3 is 5.32 Å². The van der Waals surface area contributed by atoms with E-state index in [4.69, 9.17) is 5.21 Å². The number of hydroxylamine groups is 1. The molecule has 1 unspecified atom stereocenters. The minimum absolute atomic E-state index is 0.195. The molecule has 0 aliphatic heterocycles. The van der Waals surface area contributed by atoms with Gasteiger partial charge in [-0.3, -0.25) is 14.8 Å². The van der Waals surface area contributed by atoms with Gasteiger partial charge in [0.2, 0.25) is 0 Å². The number of carbonyl (C=O) groups excluding carboxylic acids is 2. The van der Waals surface area contributed by atoms with Crippen molar-refractivity contribution in [2.24, 2.45) is 0 Å². The molecular weight excluding hydrogens is 340 g/mol. The van der Waals surface area contributed by atoms with Crippen molar-refractivity contribution in [3.8, 4) is 0 Å². The Hall–Kier alpha value is -3.44. The van der Waals surface area contributed by atoms with E-state index in [1.807, 2.05) is 55.5 Å². The number of aryl methyl sites for hydroxylation is 1. The molecule has 136 valence electrons. The lowest BCUT2D eigenvalue weighted by Gasteiger charge is -2.16. The Morgan fingerprint density at radius 2 is 1.52 bits per heavy atom. The molecule has 3 aromatic rings. The van der Waals surface area contributed by atoms with Crippen molar-refractivity contribution in [1.82, 2.24) is 5.48 Å². The highest BCUT2D eigenvalue weighted by Crippen LogP contribution is 2.26. The van der Waals surface area contributed by atoms with Gasteiger partial charge in [0.1, 0.15) is 0 Å². The Labute approximate surface area is 157 Å². The van der Waals surface area contributed by atoms with Crippen LogP contribution >= 0.6 is 0 Å². The van der Waals surface area contributed by atoms with E-state index < -0.39 is 11.8 Å². The van der Waals surface area contributed by atoms with Crippen molar-refractivity contribution in [2.75, 3.05) is 5.32 Å². The number of nitrogens with one attached hydrogen (secondary N) is 2. The highest BCUT2D eigenvalue weighted by molar-refractivity contribution is 6.04. The maximum Gasteiger partial charge on any atom is 0.255 e. The van der Waals surface area contributed by atoms with Crippen LogP contribution in [0, 0.1) is 6.92 Å². The molecule has 3 aromatic carbocycles. The number of anilines is 1. The summed E-state index contributed by atoms with van der Waals surface area (Å²) in [6.07, 6.45) is 0. The fourth-order valence-electron chi connectivity index (χ4n) is 2.95. The number of hydrogen-bond acceptors (Lipinski definition) is 3. The van der Waals surface area contributed by atoms with Crippen molar-refractivity contribution in [2.45, 2.75) is 12.8 Å². The van der Waals surface area contributed by atoms with Crippen molar-refractivity contribution in [3.63, 3.8) is 0 Å². The third kappa shape index (κ3) is 4.40. The number of rotatable bonds is 5. The van der Waals surface area contributed by atoms with Crippen LogP contribution in [0.5, 0.6) is 0 Å². The summed E-state index contributed by atoms with van der Waals surface area (Å²) in [5.41, 5.74) is 5.42. The maximum atomic E-state index is 12.4. The van der Waals surface area contributed by atoms with Gasteiger partial charge in [0.05, 0.1) is 5.92 Å². The molecule has 0 radical (unpaired) electrons. The SMILES string of the molecule is Cc1cccc(C(=O)Nc2ccc(C(C(=O)NO)c3ccccc3)cc2)c1. The third-order valence-corrected chi connectivity index (χ3v) is 4.29. The van der Waals surface area contributed by atoms with Crippen molar-refractivity contribution >= 4 is 17.5 Å². The zero-order valence-corrected chi connectivity index (χ0v) is 14.8. The second kappa shape index (κ2) is 8.29. The monoisotopic (exact) mass is 360 g/mol. The summed E-state index contributed by atoms with van der Waals surface area (Å²) in [5.74, 6) is -1.35. The first-order valence-electron chi connectivity index (χ1n) is 8.55. The summed E-state index contributed by atoms with van der Waals surface area (Å²) in [7, 11) is 0. The van der Waals surface area contributed by atoms with Crippen LogP contribution in [-0.4, -0.2) is 17.0 Å². The number of carbonyl (C=O) groups is 2. The third-order valence-electron chi connectivity index (χ3n) is 4.29. The van der Waals surface area contributed by atoms with Gasteiger partial charge in [0.25, 0.3) is 11.8 Å². The molecular formula is C22H20N2O3. The number of benzene rings is 3. The molecule has 0 heterocycles. The largest absolute Gasteiger partial charge is 0.322 e. The van der Waals surface area contributed by atoms with Gasteiger partial charge in [-0.25, -0.2) is 5.48 Å². The van der Waals surface area contributed by atoms with Crippen LogP contribution in [0.25, 0.3) is 0 Å². The van der Waals surface area contributed by atoms with Crippen molar-refractivity contribution < 1.29 is 14.8 Å². The summed E-state index contributed by atoms with van der Waals surface area (Å²) in [6.45, 7) is 1.93. The van der Waals surface area contributed by atoms with Crippen LogP contribution in [0.2, 0.25) is 0 Å². The van der Waals surface area contributed by atoms with Gasteiger partial charge in [-0.15, -0.1) is 0 Å². The van der Waals surface area contributed by atoms with Gasteiger partial charge >= 0.3 is 0 Å². The molecule has 0 spiro atoms. The zero-order chi connectivity index (χ0) is 19.2. The highest BCUT2D eigenvalue weighted by Gasteiger charge is 2.22. The molecule has 0 bridgehead atoms. The first kappa shape index (κ1) is 18.4. The standard InChI is InChI=1S/C22H20N2O3/c1-15-6-5-9-18(14-15)21(25)23-19-12-10-17(11-13-19)20(22(26)24-27)16-7-3-2-4-8-16/h2-14,20,27H,1H3,(H,23,25)(H,24,26). The molecule has 0 aromatic heterocycles. The topological polar surface area (TPSA) is 78.4 Å². The molecule has 0 saturated carbocycles. The minimum Gasteiger partial charge on any atom is -0.322 e. The van der Waals surface area contributed by atoms with E-state index in [9.17, 15) is 9.59 Å². The van der Waals surface area contributed by atoms with E-state index in [0.717, 1.165) is 11.1 Å². The lowest BCUT2D eigenvalue weighted by atomic mass is 9.90. The van der Waals surface area contributed by atoms with Gasteiger partial charge in [-0.2, -0.15) is 0 Å². The molecule has 2 amide bonds. The second-order valence-electron chi connectivity index (χ2n) is 6.27. The molecule has 5 heteroatoms. The van der Waals surface area contributed by atoms with Gasteiger partial charge in [0.15, 0.2) is 0 Å². The fourth-order valence-corrected chi connectivity index (χ4v) is 2.95. The summed E-state index contributed by atoms with van der Waals surface area (Å²) in [6, 6.07) is 23.5. The average Bonchev–Trinajstić information content (AvgIpc) is 2.70. The van der Waals surface area contributed by atoms with E-state index in [2.05, 4.69) is 5.32 Å². The van der Waals surface area contributed by atoms with E-state index in [1.165, 1.54) is 0 Å². The second-order valence-corrected chi connectivity index (χ2v) is 6.27. The predicted octanol–water partition coefficient (Wildman–Crippen LogP) is 3.88. The van der Waals surface area contributed by atoms with Crippen LogP contribution < -0.4 is 10.8 Å². The van der Waals surface area contributed by atoms with Crippen molar-refractivity contribution in [1.29, 1.82) is 0 Å². The van der Waals surface area contributed by atoms with Crippen LogP contribution in [0.15, 0.2) is 78.9 Å². The smallest absolute Gasteiger partial charge is 0.255 e. The molecule has 27 heavy (non-hydrogen) atoms. The average molecular weight is 360 g/mol. The van der Waals surface area contributed by atoms with Crippen LogP contribution in [0.3, 0.4) is 0 Å². The zero-order valence-electron chi connectivity index (χ0n) is 14.8. The Morgan fingerprint density at radius 3 is 2.15 bits per heavy atom. The Kier molecular flexibility index (Phi) is 5.64. The molecule has 0 saturated heterocycles. The Balaban J connectivity index is 1.81. The highest BCUT2D eigenvalue weighted by atomic mass is 16.5. The molecule has 0 aliphatic rings. The predicted molar refractivity (Wildman–Crippen MR) is 104 cm³/mol. The van der Waals surface area contributed by atoms with E-state index in [0.29, 0.717) is 16.8 Å². The van der Waals surface area contributed by atoms with E-state index >= 15 is 0 Å². The molecule has 1 atom stereocenters. The Bertz CT molecular complexity index is 937. The maximum absolute atomic E-state index is 12.4. The van der Waals surface area contributed by atoms with Crippen LogP contribution in [0.4, 0.5) is 5.69 Å². The molecule has 3 N–H and O–H groups in total. The molecule has 0 aliphatic carbocycles. The van der Waals surface area contributed by atoms with E-state index in [-0.39, 0.29) is 5.91 Å². The minimum atomic E-state index is -0.641. The summed E-state index contributed by atoms with van der Waals surface area (Å²) < 4.78 is 0. The van der Waals surface area contributed by atoms with Gasteiger partial charge in [-0.1, -0.05) is 60.2 Å². The molecule has 0 fully saturated rings. The van der Waals surface area contributed by atoms with Gasteiger partial charge in [-0.05, 0) is 42.3 Å². The number of amides is 2.